The third-order valence-corrected chi connectivity index (χ3v) is 5.63. The molecule has 2 bridgehead atoms. The van der Waals surface area contributed by atoms with E-state index in [1.54, 1.807) is 4.90 Å². The van der Waals surface area contributed by atoms with Gasteiger partial charge in [-0.05, 0) is 23.8 Å². The van der Waals surface area contributed by atoms with Crippen LogP contribution in [0.4, 0.5) is 9.18 Å². The van der Waals surface area contributed by atoms with Gasteiger partial charge in [0.25, 0.3) is 0 Å². The van der Waals surface area contributed by atoms with Gasteiger partial charge in [-0.3, -0.25) is 4.90 Å². The maximum absolute atomic E-state index is 13.9. The van der Waals surface area contributed by atoms with Crippen LogP contribution < -0.4 is 4.74 Å². The van der Waals surface area contributed by atoms with Gasteiger partial charge in [0.2, 0.25) is 0 Å². The van der Waals surface area contributed by atoms with Gasteiger partial charge in [0.05, 0.1) is 38.0 Å². The molecule has 6 nitrogen and oxygen atoms in total. The van der Waals surface area contributed by atoms with E-state index < -0.39 is 17.5 Å². The van der Waals surface area contributed by atoms with E-state index in [2.05, 4.69) is 0 Å². The molecular weight excluding hydrogens is 377 g/mol. The second kappa shape index (κ2) is 8.00. The third kappa shape index (κ3) is 3.93. The van der Waals surface area contributed by atoms with Gasteiger partial charge in [-0.15, -0.1) is 0 Å². The second-order valence-electron chi connectivity index (χ2n) is 7.58. The molecule has 2 aliphatic rings. The molecule has 2 aromatic carbocycles. The molecule has 7 heteroatoms. The fourth-order valence-corrected chi connectivity index (χ4v) is 4.33. The lowest BCUT2D eigenvalue weighted by Crippen LogP contribution is -2.62. The Morgan fingerprint density at radius 3 is 2.55 bits per heavy atom. The maximum Gasteiger partial charge on any atom is 0.410 e. The maximum atomic E-state index is 13.9. The van der Waals surface area contributed by atoms with Gasteiger partial charge >= 0.3 is 6.09 Å². The molecule has 0 aliphatic carbocycles. The fourth-order valence-electron chi connectivity index (χ4n) is 4.33. The lowest BCUT2D eigenvalue weighted by Gasteiger charge is -2.51. The highest BCUT2D eigenvalue weighted by atomic mass is 19.1. The minimum absolute atomic E-state index is 0.179. The predicted molar refractivity (Wildman–Crippen MR) is 103 cm³/mol. The van der Waals surface area contributed by atoms with Crippen LogP contribution in [0.15, 0.2) is 48.5 Å². The number of benzene rings is 2. The lowest BCUT2D eigenvalue weighted by atomic mass is 9.76. The summed E-state index contributed by atoms with van der Waals surface area (Å²) in [7, 11) is 1.49. The van der Waals surface area contributed by atoms with Gasteiger partial charge in [0, 0.05) is 18.4 Å². The minimum Gasteiger partial charge on any atom is -0.496 e. The number of halogens is 1. The highest BCUT2D eigenvalue weighted by molar-refractivity contribution is 5.69. The Morgan fingerprint density at radius 1 is 1.21 bits per heavy atom. The molecule has 2 aliphatic heterocycles. The summed E-state index contributed by atoms with van der Waals surface area (Å²) in [6.07, 6.45) is -0.00607. The summed E-state index contributed by atoms with van der Waals surface area (Å²) in [5, 5.41) is 11.4. The number of carbonyl (C=O) groups excluding carboxylic acids is 1. The van der Waals surface area contributed by atoms with Crippen molar-refractivity contribution in [2.75, 3.05) is 20.3 Å². The Balaban J connectivity index is 1.53. The second-order valence-corrected chi connectivity index (χ2v) is 7.58. The van der Waals surface area contributed by atoms with Crippen molar-refractivity contribution in [1.29, 1.82) is 0 Å². The molecule has 0 saturated carbocycles. The molecule has 0 aromatic heterocycles. The van der Waals surface area contributed by atoms with Crippen LogP contribution in [0.1, 0.15) is 24.0 Å². The minimum atomic E-state index is -1.32. The number of aliphatic hydroxyl groups is 1. The first-order valence-electron chi connectivity index (χ1n) is 9.63. The van der Waals surface area contributed by atoms with Crippen LogP contribution in [-0.4, -0.2) is 48.5 Å². The molecule has 154 valence electrons. The van der Waals surface area contributed by atoms with E-state index in [-0.39, 0.29) is 44.7 Å². The molecule has 0 spiro atoms. The summed E-state index contributed by atoms with van der Waals surface area (Å²) in [5.41, 5.74) is -0.0163. The van der Waals surface area contributed by atoms with Gasteiger partial charge in [-0.2, -0.15) is 0 Å². The van der Waals surface area contributed by atoms with Crippen molar-refractivity contribution >= 4 is 6.09 Å². The molecule has 1 N–H and O–H groups in total. The number of rotatable bonds is 4. The number of amides is 1. The number of nitrogens with zero attached hydrogens (tertiary/aromatic N) is 1. The van der Waals surface area contributed by atoms with Crippen LogP contribution in [0, 0.1) is 5.82 Å². The smallest absolute Gasteiger partial charge is 0.410 e. The molecule has 2 atom stereocenters. The van der Waals surface area contributed by atoms with Crippen molar-refractivity contribution < 1.29 is 28.5 Å². The first kappa shape index (κ1) is 19.7. The van der Waals surface area contributed by atoms with E-state index in [1.807, 2.05) is 30.3 Å². The van der Waals surface area contributed by atoms with Gasteiger partial charge < -0.3 is 19.3 Å². The Kier molecular flexibility index (Phi) is 5.43. The van der Waals surface area contributed by atoms with Crippen molar-refractivity contribution in [3.63, 3.8) is 0 Å². The number of carbonyl (C=O) groups is 1. The van der Waals surface area contributed by atoms with Crippen LogP contribution in [0.2, 0.25) is 0 Å². The van der Waals surface area contributed by atoms with E-state index in [0.29, 0.717) is 11.3 Å². The summed E-state index contributed by atoms with van der Waals surface area (Å²) >= 11 is 0. The Labute approximate surface area is 168 Å². The van der Waals surface area contributed by atoms with E-state index >= 15 is 0 Å². The number of hydrogen-bond acceptors (Lipinski definition) is 5. The number of fused-ring (bicyclic) bond motifs is 2. The predicted octanol–water partition coefficient (Wildman–Crippen LogP) is 3.22. The summed E-state index contributed by atoms with van der Waals surface area (Å²) in [6.45, 7) is 0.756. The molecule has 2 heterocycles. The average Bonchev–Trinajstić information content (AvgIpc) is 2.72. The molecule has 2 saturated heterocycles. The Hall–Kier alpha value is -2.64. The van der Waals surface area contributed by atoms with Gasteiger partial charge in [-0.25, -0.2) is 9.18 Å². The molecular formula is C22H24FNO5. The van der Waals surface area contributed by atoms with Gasteiger partial charge in [-0.1, -0.05) is 30.3 Å². The number of ether oxygens (including phenoxy) is 3. The molecule has 2 fully saturated rings. The van der Waals surface area contributed by atoms with Crippen molar-refractivity contribution in [1.82, 2.24) is 4.90 Å². The molecule has 2 unspecified atom stereocenters. The SMILES string of the molecule is COc1ccc(F)cc1C1(O)CC2COCC(C1)N2C(=O)OCc1ccccc1. The lowest BCUT2D eigenvalue weighted by molar-refractivity contribution is -0.137. The van der Waals surface area contributed by atoms with E-state index in [4.69, 9.17) is 14.2 Å². The molecule has 0 radical (unpaired) electrons. The topological polar surface area (TPSA) is 68.2 Å². The van der Waals surface area contributed by atoms with Gasteiger partial charge in [0.15, 0.2) is 0 Å². The van der Waals surface area contributed by atoms with Crippen LogP contribution in [-0.2, 0) is 21.7 Å². The number of piperidine rings is 1. The summed E-state index contributed by atoms with van der Waals surface area (Å²) in [4.78, 5) is 14.5. The molecule has 4 rings (SSSR count). The van der Waals surface area contributed by atoms with Crippen molar-refractivity contribution in [2.24, 2.45) is 0 Å². The number of morpholine rings is 1. The van der Waals surface area contributed by atoms with Crippen LogP contribution >= 0.6 is 0 Å². The van der Waals surface area contributed by atoms with Crippen molar-refractivity contribution in [3.8, 4) is 5.75 Å². The number of methoxy groups -OCH3 is 1. The molecule has 1 amide bonds. The van der Waals surface area contributed by atoms with Crippen molar-refractivity contribution in [2.45, 2.75) is 37.1 Å². The molecule has 2 aromatic rings. The van der Waals surface area contributed by atoms with Crippen LogP contribution in [0.3, 0.4) is 0 Å². The first-order chi connectivity index (χ1) is 14.0. The Morgan fingerprint density at radius 2 is 1.90 bits per heavy atom. The largest absolute Gasteiger partial charge is 0.496 e. The van der Waals surface area contributed by atoms with Gasteiger partial charge in [0.1, 0.15) is 18.2 Å². The zero-order valence-electron chi connectivity index (χ0n) is 16.2. The van der Waals surface area contributed by atoms with E-state index in [0.717, 1.165) is 5.56 Å². The highest BCUT2D eigenvalue weighted by Crippen LogP contribution is 2.44. The average molecular weight is 401 g/mol. The zero-order chi connectivity index (χ0) is 20.4. The van der Waals surface area contributed by atoms with Crippen LogP contribution in [0.25, 0.3) is 0 Å². The normalized spacial score (nSPS) is 26.1. The zero-order valence-corrected chi connectivity index (χ0v) is 16.2. The third-order valence-electron chi connectivity index (χ3n) is 5.63. The van der Waals surface area contributed by atoms with Crippen LogP contribution in [0.5, 0.6) is 5.75 Å². The van der Waals surface area contributed by atoms with Crippen molar-refractivity contribution in [3.05, 3.63) is 65.5 Å². The molecule has 29 heavy (non-hydrogen) atoms. The first-order valence-corrected chi connectivity index (χ1v) is 9.63. The highest BCUT2D eigenvalue weighted by Gasteiger charge is 2.50. The number of hydrogen-bond donors (Lipinski definition) is 1. The Bertz CT molecular complexity index is 861. The van der Waals surface area contributed by atoms with E-state index in [1.165, 1.54) is 25.3 Å². The summed E-state index contributed by atoms with van der Waals surface area (Å²) in [5.74, 6) is -0.0201. The standard InChI is InChI=1S/C22H24FNO5/c1-27-20-8-7-16(23)9-19(20)22(26)10-17-13-28-14-18(11-22)24(17)21(25)29-12-15-5-3-2-4-6-15/h2-9,17-18,26H,10-14H2,1H3. The summed E-state index contributed by atoms with van der Waals surface area (Å²) < 4.78 is 30.4. The van der Waals surface area contributed by atoms with E-state index in [9.17, 15) is 14.3 Å². The summed E-state index contributed by atoms with van der Waals surface area (Å²) in [6, 6.07) is 12.8. The quantitative estimate of drug-likeness (QED) is 0.852. The fraction of sp³-hybridized carbons (Fsp3) is 0.409. The monoisotopic (exact) mass is 401 g/mol.